The molecule has 3 heteroatoms. The van der Waals surface area contributed by atoms with Gasteiger partial charge in [0.1, 0.15) is 0 Å². The molecule has 0 aliphatic carbocycles. The summed E-state index contributed by atoms with van der Waals surface area (Å²) < 4.78 is 4.86. The van der Waals surface area contributed by atoms with E-state index in [1.807, 2.05) is 12.2 Å². The highest BCUT2D eigenvalue weighted by Gasteiger charge is 2.41. The lowest BCUT2D eigenvalue weighted by Gasteiger charge is -2.35. The van der Waals surface area contributed by atoms with Crippen LogP contribution in [0.1, 0.15) is 6.92 Å². The van der Waals surface area contributed by atoms with Gasteiger partial charge in [-0.2, -0.15) is 0 Å². The Bertz CT molecular complexity index is 3520. The van der Waals surface area contributed by atoms with E-state index in [0.717, 1.165) is 11.4 Å². The molecule has 2 heterocycles. The molecule has 0 unspecified atom stereocenters. The zero-order valence-corrected chi connectivity index (χ0v) is 36.8. The molecule has 0 aliphatic rings. The van der Waals surface area contributed by atoms with Gasteiger partial charge in [0.25, 0.3) is 0 Å². The van der Waals surface area contributed by atoms with Crippen molar-refractivity contribution in [1.82, 2.24) is 9.13 Å². The summed E-state index contributed by atoms with van der Waals surface area (Å²) in [6.07, 6.45) is 8.28. The monoisotopic (exact) mass is 834 g/mol. The van der Waals surface area contributed by atoms with Crippen LogP contribution in [0.25, 0.3) is 77.2 Å². The molecule has 0 N–H and O–H groups in total. The first kappa shape index (κ1) is 38.9. The fourth-order valence-electron chi connectivity index (χ4n) is 10.1. The zero-order valence-electron chi connectivity index (χ0n) is 35.8. The fourth-order valence-corrected chi connectivity index (χ4v) is 14.9. The van der Waals surface area contributed by atoms with Crippen LogP contribution in [0.2, 0.25) is 0 Å². The number of allylic oxidation sites excluding steroid dienone is 5. The Morgan fingerprint density at radius 3 is 1.39 bits per heavy atom. The largest absolute Gasteiger partial charge is 0.309 e. The Labute approximate surface area is 375 Å². The van der Waals surface area contributed by atoms with Crippen LogP contribution >= 0.6 is 0 Å². The van der Waals surface area contributed by atoms with Gasteiger partial charge in [0.2, 0.25) is 0 Å². The third-order valence-corrected chi connectivity index (χ3v) is 18.0. The minimum absolute atomic E-state index is 1.15. The van der Waals surface area contributed by atoms with Gasteiger partial charge in [0.05, 0.1) is 22.1 Å². The number of aromatic nitrogens is 2. The first-order valence-corrected chi connectivity index (χ1v) is 24.0. The highest BCUT2D eigenvalue weighted by molar-refractivity contribution is 7.16. The topological polar surface area (TPSA) is 9.86 Å². The van der Waals surface area contributed by atoms with Crippen LogP contribution in [0.3, 0.4) is 0 Å². The molecule has 2 nitrogen and oxygen atoms in total. The molecule has 11 rings (SSSR count). The average molecular weight is 835 g/mol. The van der Waals surface area contributed by atoms with Crippen molar-refractivity contribution in [3.63, 3.8) is 0 Å². The second-order valence-electron chi connectivity index (χ2n) is 16.6. The summed E-state index contributed by atoms with van der Waals surface area (Å²) in [6, 6.07) is 82.7. The Hall–Kier alpha value is -7.98. The molecule has 0 bridgehead atoms. The van der Waals surface area contributed by atoms with Crippen LogP contribution in [-0.4, -0.2) is 17.2 Å². The molecule has 64 heavy (non-hydrogen) atoms. The van der Waals surface area contributed by atoms with E-state index >= 15 is 0 Å². The number of hydrogen-bond acceptors (Lipinski definition) is 0. The number of para-hydroxylation sites is 2. The van der Waals surface area contributed by atoms with E-state index in [9.17, 15) is 0 Å². The number of hydrogen-bond donors (Lipinski definition) is 0. The van der Waals surface area contributed by atoms with Crippen LogP contribution in [0, 0.1) is 0 Å². The van der Waals surface area contributed by atoms with Gasteiger partial charge >= 0.3 is 0 Å². The highest BCUT2D eigenvalue weighted by Crippen LogP contribution is 2.38. The first-order chi connectivity index (χ1) is 31.6. The van der Waals surface area contributed by atoms with Crippen LogP contribution in [0.15, 0.2) is 261 Å². The van der Waals surface area contributed by atoms with Gasteiger partial charge in [-0.05, 0) is 105 Å². The molecule has 304 valence electrons. The molecule has 0 fully saturated rings. The Morgan fingerprint density at radius 2 is 0.828 bits per heavy atom. The van der Waals surface area contributed by atoms with Crippen molar-refractivity contribution in [3.8, 4) is 33.6 Å². The van der Waals surface area contributed by atoms with E-state index in [2.05, 4.69) is 259 Å². The molecular formula is C61H46N2Si. The predicted molar refractivity (Wildman–Crippen MR) is 277 cm³/mol. The molecule has 0 atom stereocenters. The van der Waals surface area contributed by atoms with Crippen LogP contribution in [0.5, 0.6) is 0 Å². The molecule has 0 radical (unpaired) electrons. The second-order valence-corrected chi connectivity index (χ2v) is 20.6. The van der Waals surface area contributed by atoms with Gasteiger partial charge in [0, 0.05) is 32.9 Å². The molecular weight excluding hydrogens is 789 g/mol. The number of fused-ring (bicyclic) bond motifs is 6. The molecule has 9 aromatic carbocycles. The minimum atomic E-state index is -2.73. The van der Waals surface area contributed by atoms with Gasteiger partial charge in [-0.3, -0.25) is 0 Å². The summed E-state index contributed by atoms with van der Waals surface area (Å²) in [4.78, 5) is 0. The normalized spacial score (nSPS) is 12.2. The lowest BCUT2D eigenvalue weighted by Crippen LogP contribution is -2.68. The molecule has 11 aromatic rings. The lowest BCUT2D eigenvalue weighted by atomic mass is 10.0. The lowest BCUT2D eigenvalue weighted by molar-refractivity contribution is 1.18. The fraction of sp³-hybridized carbons (Fsp3) is 0.0164. The van der Waals surface area contributed by atoms with E-state index in [1.54, 1.807) is 0 Å². The summed E-state index contributed by atoms with van der Waals surface area (Å²) in [6.45, 7) is 6.25. The predicted octanol–water partition coefficient (Wildman–Crippen LogP) is 13.9. The van der Waals surface area contributed by atoms with Crippen LogP contribution in [0.4, 0.5) is 0 Å². The zero-order chi connectivity index (χ0) is 43.0. The van der Waals surface area contributed by atoms with Crippen molar-refractivity contribution in [2.75, 3.05) is 0 Å². The van der Waals surface area contributed by atoms with Crippen molar-refractivity contribution in [3.05, 3.63) is 261 Å². The Kier molecular flexibility index (Phi) is 9.95. The standard InChI is InChI=1S/C61H46N2Si/c1-3-4-8-20-44(2)64(51-24-11-6-12-25-51,52-26-13-7-14-27-52)53-28-19-23-50(43-53)63-59-32-18-16-30-55(59)57-42-48(36-40-61(57)63)47-35-39-60-56(41-47)54-29-15-17-31-58(54)62(60)49-37-33-46(34-38-49)45-21-9-5-10-22-45/h3-43H,1H2,2H3/b8-4-,44-20+. The first-order valence-electron chi connectivity index (χ1n) is 22.0. The van der Waals surface area contributed by atoms with E-state index in [1.165, 1.54) is 86.6 Å². The van der Waals surface area contributed by atoms with Gasteiger partial charge in [-0.1, -0.05) is 200 Å². The van der Waals surface area contributed by atoms with Crippen molar-refractivity contribution in [1.29, 1.82) is 0 Å². The molecule has 0 saturated carbocycles. The maximum absolute atomic E-state index is 3.94. The van der Waals surface area contributed by atoms with Gasteiger partial charge in [-0.25, -0.2) is 0 Å². The third kappa shape index (κ3) is 6.48. The molecule has 0 amide bonds. The Morgan fingerprint density at radius 1 is 0.375 bits per heavy atom. The summed E-state index contributed by atoms with van der Waals surface area (Å²) >= 11 is 0. The van der Waals surface area contributed by atoms with Crippen molar-refractivity contribution in [2.45, 2.75) is 6.92 Å². The van der Waals surface area contributed by atoms with Crippen LogP contribution < -0.4 is 15.6 Å². The summed E-state index contributed by atoms with van der Waals surface area (Å²) in [7, 11) is -2.73. The molecule has 2 aromatic heterocycles. The van der Waals surface area contributed by atoms with E-state index in [0.29, 0.717) is 0 Å². The Balaban J connectivity index is 1.05. The molecule has 0 spiro atoms. The van der Waals surface area contributed by atoms with Crippen LogP contribution in [-0.2, 0) is 0 Å². The smallest absolute Gasteiger partial charge is 0.175 e. The summed E-state index contributed by atoms with van der Waals surface area (Å²) in [5.41, 5.74) is 11.9. The number of rotatable bonds is 10. The van der Waals surface area contributed by atoms with E-state index in [-0.39, 0.29) is 0 Å². The quantitative estimate of drug-likeness (QED) is 0.0738. The maximum Gasteiger partial charge on any atom is 0.175 e. The van der Waals surface area contributed by atoms with Crippen molar-refractivity contribution in [2.24, 2.45) is 0 Å². The number of benzene rings is 9. The summed E-state index contributed by atoms with van der Waals surface area (Å²) in [5, 5.41) is 10.4. The second kappa shape index (κ2) is 16.4. The third-order valence-electron chi connectivity index (χ3n) is 13.0. The van der Waals surface area contributed by atoms with Gasteiger partial charge in [-0.15, -0.1) is 0 Å². The molecule has 0 saturated heterocycles. The maximum atomic E-state index is 3.94. The highest BCUT2D eigenvalue weighted by atomic mass is 28.3. The average Bonchev–Trinajstić information content (AvgIpc) is 3.88. The van der Waals surface area contributed by atoms with Crippen molar-refractivity contribution >= 4 is 67.2 Å². The summed E-state index contributed by atoms with van der Waals surface area (Å²) in [5.74, 6) is 0. The SMILES string of the molecule is C=C/C=C\C=C(/C)[Si](c1ccccc1)(c1ccccc1)c1cccc(-n2c3ccccc3c3cc(-c4ccc5c(c4)c4ccccc4n5-c4ccc(-c5ccccc5)cc4)ccc32)c1. The van der Waals surface area contributed by atoms with Gasteiger partial charge < -0.3 is 9.13 Å². The molecule has 0 aliphatic heterocycles. The van der Waals surface area contributed by atoms with Crippen molar-refractivity contribution < 1.29 is 0 Å². The number of nitrogens with zero attached hydrogens (tertiary/aromatic N) is 2. The minimum Gasteiger partial charge on any atom is -0.309 e. The van der Waals surface area contributed by atoms with E-state index in [4.69, 9.17) is 0 Å². The van der Waals surface area contributed by atoms with E-state index < -0.39 is 8.07 Å². The van der Waals surface area contributed by atoms with Gasteiger partial charge in [0.15, 0.2) is 8.07 Å².